The first-order valence-corrected chi connectivity index (χ1v) is 9.64. The molecule has 3 rings (SSSR count). The Bertz CT molecular complexity index is 739. The van der Waals surface area contributed by atoms with Crippen molar-refractivity contribution in [2.45, 2.75) is 51.4 Å². The van der Waals surface area contributed by atoms with Crippen molar-refractivity contribution in [2.75, 3.05) is 6.54 Å². The summed E-state index contributed by atoms with van der Waals surface area (Å²) in [7, 11) is 0. The molecule has 144 valence electrons. The molecule has 1 unspecified atom stereocenters. The molecule has 1 amide bonds. The van der Waals surface area contributed by atoms with Crippen molar-refractivity contribution in [3.63, 3.8) is 0 Å². The van der Waals surface area contributed by atoms with Gasteiger partial charge >= 0.3 is 6.09 Å². The van der Waals surface area contributed by atoms with E-state index in [1.54, 1.807) is 4.90 Å². The van der Waals surface area contributed by atoms with Crippen molar-refractivity contribution in [1.82, 2.24) is 4.90 Å². The second kappa shape index (κ2) is 8.13. The standard InChI is InChI=1S/C23H29NO3/c1-23(2,3)27-22(26)24-16-10-15-19(20(24)17-11-6-4-7-12-17)21(25)18-13-8-5-9-14-18/h4-9,11-14,19-21,25H,10,15-16H2,1-3H3/t19-,20+,21?/m1/s1. The summed E-state index contributed by atoms with van der Waals surface area (Å²) in [6.07, 6.45) is 0.745. The molecule has 0 aliphatic carbocycles. The van der Waals surface area contributed by atoms with E-state index in [2.05, 4.69) is 0 Å². The molecule has 1 aliphatic heterocycles. The maximum atomic E-state index is 12.9. The minimum absolute atomic E-state index is 0.0870. The first kappa shape index (κ1) is 19.4. The molecule has 1 heterocycles. The molecule has 0 spiro atoms. The van der Waals surface area contributed by atoms with Crippen LogP contribution in [0.15, 0.2) is 60.7 Å². The second-order valence-corrected chi connectivity index (χ2v) is 8.19. The van der Waals surface area contributed by atoms with Crippen molar-refractivity contribution in [3.05, 3.63) is 71.8 Å². The molecule has 2 aromatic rings. The number of likely N-dealkylation sites (tertiary alicyclic amines) is 1. The molecular formula is C23H29NO3. The maximum absolute atomic E-state index is 12.9. The lowest BCUT2D eigenvalue weighted by molar-refractivity contribution is -0.0250. The third kappa shape index (κ3) is 4.69. The Morgan fingerprint density at radius 3 is 2.26 bits per heavy atom. The van der Waals surface area contributed by atoms with E-state index in [1.165, 1.54) is 0 Å². The number of ether oxygens (including phenoxy) is 1. The van der Waals surface area contributed by atoms with Gasteiger partial charge < -0.3 is 14.7 Å². The SMILES string of the molecule is CC(C)(C)OC(=O)N1CCC[C@@H](C(O)c2ccccc2)[C@@H]1c1ccccc1. The molecular weight excluding hydrogens is 338 g/mol. The third-order valence-electron chi connectivity index (χ3n) is 4.99. The molecule has 1 fully saturated rings. The van der Waals surface area contributed by atoms with Gasteiger partial charge in [-0.25, -0.2) is 4.79 Å². The quantitative estimate of drug-likeness (QED) is 0.820. The zero-order valence-corrected chi connectivity index (χ0v) is 16.3. The van der Waals surface area contributed by atoms with Crippen LogP contribution in [0, 0.1) is 5.92 Å². The zero-order chi connectivity index (χ0) is 19.4. The third-order valence-corrected chi connectivity index (χ3v) is 4.99. The Kier molecular flexibility index (Phi) is 5.85. The van der Waals surface area contributed by atoms with Gasteiger partial charge in [0, 0.05) is 12.5 Å². The average Bonchev–Trinajstić information content (AvgIpc) is 2.67. The molecule has 1 saturated heterocycles. The Hall–Kier alpha value is -2.33. The molecule has 4 nitrogen and oxygen atoms in total. The van der Waals surface area contributed by atoms with Crippen molar-refractivity contribution in [1.29, 1.82) is 0 Å². The van der Waals surface area contributed by atoms with Gasteiger partial charge in [-0.2, -0.15) is 0 Å². The zero-order valence-electron chi connectivity index (χ0n) is 16.3. The van der Waals surface area contributed by atoms with Gasteiger partial charge in [-0.15, -0.1) is 0 Å². The summed E-state index contributed by atoms with van der Waals surface area (Å²) in [5, 5.41) is 11.1. The minimum Gasteiger partial charge on any atom is -0.444 e. The fourth-order valence-corrected chi connectivity index (χ4v) is 3.86. The number of carbonyl (C=O) groups is 1. The van der Waals surface area contributed by atoms with Gasteiger partial charge in [0.15, 0.2) is 0 Å². The molecule has 27 heavy (non-hydrogen) atoms. The van der Waals surface area contributed by atoms with Gasteiger partial charge in [0.1, 0.15) is 5.60 Å². The van der Waals surface area contributed by atoms with Crippen molar-refractivity contribution < 1.29 is 14.6 Å². The van der Waals surface area contributed by atoms with Crippen molar-refractivity contribution >= 4 is 6.09 Å². The van der Waals surface area contributed by atoms with Gasteiger partial charge in [0.2, 0.25) is 0 Å². The maximum Gasteiger partial charge on any atom is 0.410 e. The fourth-order valence-electron chi connectivity index (χ4n) is 3.86. The van der Waals surface area contributed by atoms with Crippen LogP contribution in [0.2, 0.25) is 0 Å². The van der Waals surface area contributed by atoms with Crippen LogP contribution in [0.4, 0.5) is 4.79 Å². The van der Waals surface area contributed by atoms with Crippen molar-refractivity contribution in [2.24, 2.45) is 5.92 Å². The summed E-state index contributed by atoms with van der Waals surface area (Å²) < 4.78 is 5.67. The number of benzene rings is 2. The molecule has 0 saturated carbocycles. The van der Waals surface area contributed by atoms with Crippen LogP contribution in [0.1, 0.15) is 56.9 Å². The van der Waals surface area contributed by atoms with Crippen LogP contribution in [0.5, 0.6) is 0 Å². The van der Waals surface area contributed by atoms with Gasteiger partial charge in [0.25, 0.3) is 0 Å². The molecule has 4 heteroatoms. The first-order valence-electron chi connectivity index (χ1n) is 9.64. The highest BCUT2D eigenvalue weighted by Crippen LogP contribution is 2.43. The molecule has 3 atom stereocenters. The van der Waals surface area contributed by atoms with Crippen LogP contribution >= 0.6 is 0 Å². The van der Waals surface area contributed by atoms with Gasteiger partial charge in [-0.3, -0.25) is 0 Å². The molecule has 0 radical (unpaired) electrons. The van der Waals surface area contributed by atoms with E-state index in [9.17, 15) is 9.90 Å². The number of amides is 1. The highest BCUT2D eigenvalue weighted by atomic mass is 16.6. The van der Waals surface area contributed by atoms with E-state index in [4.69, 9.17) is 4.74 Å². The van der Waals surface area contributed by atoms with Gasteiger partial charge in [-0.05, 0) is 44.7 Å². The van der Waals surface area contributed by atoms with Crippen LogP contribution in [-0.4, -0.2) is 28.2 Å². The lowest BCUT2D eigenvalue weighted by atomic mass is 9.79. The summed E-state index contributed by atoms with van der Waals surface area (Å²) in [6, 6.07) is 19.5. The van der Waals surface area contributed by atoms with Gasteiger partial charge in [0.05, 0.1) is 12.1 Å². The molecule has 1 N–H and O–H groups in total. The Labute approximate surface area is 161 Å². The van der Waals surface area contributed by atoms with E-state index >= 15 is 0 Å². The minimum atomic E-state index is -0.637. The van der Waals surface area contributed by atoms with E-state index in [0.717, 1.165) is 24.0 Å². The molecule has 0 aromatic heterocycles. The second-order valence-electron chi connectivity index (χ2n) is 8.19. The predicted molar refractivity (Wildman–Crippen MR) is 106 cm³/mol. The Morgan fingerprint density at radius 1 is 1.07 bits per heavy atom. The van der Waals surface area contributed by atoms with Gasteiger partial charge in [-0.1, -0.05) is 60.7 Å². The summed E-state index contributed by atoms with van der Waals surface area (Å²) in [4.78, 5) is 14.7. The highest BCUT2D eigenvalue weighted by molar-refractivity contribution is 5.69. The number of rotatable bonds is 3. The normalized spacial score (nSPS) is 21.6. The number of nitrogens with zero attached hydrogens (tertiary/aromatic N) is 1. The monoisotopic (exact) mass is 367 g/mol. The van der Waals surface area contributed by atoms with E-state index < -0.39 is 11.7 Å². The van der Waals surface area contributed by atoms with Crippen molar-refractivity contribution in [3.8, 4) is 0 Å². The summed E-state index contributed by atoms with van der Waals surface area (Å²) in [6.45, 7) is 6.26. The molecule has 0 bridgehead atoms. The van der Waals surface area contributed by atoms with Crippen LogP contribution in [0.25, 0.3) is 0 Å². The van der Waals surface area contributed by atoms with E-state index in [-0.39, 0.29) is 18.1 Å². The lowest BCUT2D eigenvalue weighted by Crippen LogP contribution is -2.46. The summed E-state index contributed by atoms with van der Waals surface area (Å²) in [5.74, 6) is -0.0870. The van der Waals surface area contributed by atoms with Crippen LogP contribution in [-0.2, 0) is 4.74 Å². The number of aliphatic hydroxyl groups excluding tert-OH is 1. The summed E-state index contributed by atoms with van der Waals surface area (Å²) in [5.41, 5.74) is 1.36. The highest BCUT2D eigenvalue weighted by Gasteiger charge is 2.40. The van der Waals surface area contributed by atoms with E-state index in [1.807, 2.05) is 81.4 Å². The largest absolute Gasteiger partial charge is 0.444 e. The number of hydrogen-bond acceptors (Lipinski definition) is 3. The molecule has 1 aliphatic rings. The number of aliphatic hydroxyl groups is 1. The average molecular weight is 367 g/mol. The molecule has 2 aromatic carbocycles. The van der Waals surface area contributed by atoms with E-state index in [0.29, 0.717) is 6.54 Å². The smallest absolute Gasteiger partial charge is 0.410 e. The summed E-state index contributed by atoms with van der Waals surface area (Å²) >= 11 is 0. The van der Waals surface area contributed by atoms with Crippen LogP contribution < -0.4 is 0 Å². The topological polar surface area (TPSA) is 49.8 Å². The fraction of sp³-hybridized carbons (Fsp3) is 0.435. The number of piperidine rings is 1. The van der Waals surface area contributed by atoms with Crippen LogP contribution in [0.3, 0.4) is 0 Å². The first-order chi connectivity index (χ1) is 12.9. The number of hydrogen-bond donors (Lipinski definition) is 1. The predicted octanol–water partition coefficient (Wildman–Crippen LogP) is 5.11. The Morgan fingerprint density at radius 2 is 1.67 bits per heavy atom. The Balaban J connectivity index is 1.95. The lowest BCUT2D eigenvalue weighted by Gasteiger charge is -2.43. The number of carbonyl (C=O) groups excluding carboxylic acids is 1.